The Bertz CT molecular complexity index is 2370. The normalized spacial score (nSPS) is 15.9. The quantitative estimate of drug-likeness (QED) is 0.193. The summed E-state index contributed by atoms with van der Waals surface area (Å²) in [6.07, 6.45) is 5.84. The number of ether oxygens (including phenoxy) is 1. The van der Waals surface area contributed by atoms with Crippen molar-refractivity contribution >= 4 is 57.2 Å². The van der Waals surface area contributed by atoms with Crippen molar-refractivity contribution in [2.24, 2.45) is 4.99 Å². The van der Waals surface area contributed by atoms with Crippen LogP contribution in [0.4, 0.5) is 0 Å². The van der Waals surface area contributed by atoms with Crippen LogP contribution in [-0.2, 0) is 13.0 Å². The minimum Gasteiger partial charge on any atom is -0.497 e. The number of thiazole rings is 1. The summed E-state index contributed by atoms with van der Waals surface area (Å²) in [6.45, 7) is 0.577. The lowest BCUT2D eigenvalue weighted by Crippen LogP contribution is -2.38. The zero-order valence-electron chi connectivity index (χ0n) is 24.3. The van der Waals surface area contributed by atoms with Crippen molar-refractivity contribution in [1.82, 2.24) is 9.13 Å². The Morgan fingerprint density at radius 3 is 2.69 bits per heavy atom. The van der Waals surface area contributed by atoms with Crippen LogP contribution in [0.5, 0.6) is 5.75 Å². The molecule has 8 heteroatoms. The van der Waals surface area contributed by atoms with E-state index in [9.17, 15) is 4.79 Å². The summed E-state index contributed by atoms with van der Waals surface area (Å²) in [4.78, 5) is 20.2. The number of rotatable bonds is 5. The molecule has 222 valence electrons. The lowest BCUT2D eigenvalue weighted by Gasteiger charge is -2.31. The van der Waals surface area contributed by atoms with Crippen molar-refractivity contribution in [3.63, 3.8) is 0 Å². The number of methoxy groups -OCH3 is 1. The molecule has 0 radical (unpaired) electrons. The summed E-state index contributed by atoms with van der Waals surface area (Å²) in [6, 6.07) is 30.0. The zero-order valence-corrected chi connectivity index (χ0v) is 26.7. The highest BCUT2D eigenvalue weighted by Crippen LogP contribution is 2.41. The molecule has 2 aliphatic rings. The fourth-order valence-corrected chi connectivity index (χ4v) is 8.09. The number of halogens is 2. The third-order valence-electron chi connectivity index (χ3n) is 8.74. The first kappa shape index (κ1) is 28.1. The molecule has 8 rings (SSSR count). The van der Waals surface area contributed by atoms with Gasteiger partial charge in [-0.25, -0.2) is 4.99 Å². The highest BCUT2D eigenvalue weighted by atomic mass is 35.5. The van der Waals surface area contributed by atoms with Gasteiger partial charge in [-0.3, -0.25) is 9.36 Å². The molecule has 1 unspecified atom stereocenters. The van der Waals surface area contributed by atoms with Crippen LogP contribution in [0, 0.1) is 0 Å². The molecule has 0 bridgehead atoms. The Kier molecular flexibility index (Phi) is 7.01. The molecule has 2 aromatic heterocycles. The Labute approximate surface area is 273 Å². The van der Waals surface area contributed by atoms with Gasteiger partial charge in [0.25, 0.3) is 5.56 Å². The number of aryl methyl sites for hydroxylation is 1. The highest BCUT2D eigenvalue weighted by molar-refractivity contribution is 7.07. The minimum atomic E-state index is -0.268. The van der Waals surface area contributed by atoms with E-state index in [1.165, 1.54) is 16.9 Å². The van der Waals surface area contributed by atoms with Gasteiger partial charge < -0.3 is 9.30 Å². The van der Waals surface area contributed by atoms with E-state index < -0.39 is 0 Å². The number of hydrogen-bond acceptors (Lipinski definition) is 4. The average Bonchev–Trinajstić information content (AvgIpc) is 3.57. The molecule has 1 atom stereocenters. The maximum atomic E-state index is 14.4. The molecule has 5 nitrogen and oxygen atoms in total. The number of nitrogens with zero attached hydrogens (tertiary/aromatic N) is 3. The van der Waals surface area contributed by atoms with Gasteiger partial charge in [0.05, 0.1) is 23.4 Å². The molecule has 45 heavy (non-hydrogen) atoms. The van der Waals surface area contributed by atoms with Gasteiger partial charge in [0, 0.05) is 44.8 Å². The van der Waals surface area contributed by atoms with Crippen LogP contribution in [0.2, 0.25) is 10.0 Å². The van der Waals surface area contributed by atoms with Gasteiger partial charge in [0.15, 0.2) is 4.80 Å². The topological polar surface area (TPSA) is 48.5 Å². The second kappa shape index (κ2) is 11.2. The van der Waals surface area contributed by atoms with Crippen molar-refractivity contribution in [2.45, 2.75) is 25.4 Å². The SMILES string of the molecule is COc1cccc(C2C3=C(N=c4s/c(=C/c5cn(Cc6ccc(Cl)cc6Cl)c6ccccc56)c(=O)n42)c2ccccc2CC3)c1. The molecule has 0 saturated heterocycles. The van der Waals surface area contributed by atoms with Gasteiger partial charge >= 0.3 is 0 Å². The minimum absolute atomic E-state index is 0.0467. The first-order valence-corrected chi connectivity index (χ1v) is 16.3. The molecule has 6 aromatic rings. The summed E-state index contributed by atoms with van der Waals surface area (Å²) in [5.74, 6) is 0.763. The van der Waals surface area contributed by atoms with E-state index in [2.05, 4.69) is 53.2 Å². The largest absolute Gasteiger partial charge is 0.497 e. The van der Waals surface area contributed by atoms with Gasteiger partial charge in [0.1, 0.15) is 5.75 Å². The molecule has 0 spiro atoms. The molecular weight excluding hydrogens is 621 g/mol. The van der Waals surface area contributed by atoms with Gasteiger partial charge in [-0.05, 0) is 71.5 Å². The van der Waals surface area contributed by atoms with Crippen LogP contribution in [-0.4, -0.2) is 16.2 Å². The van der Waals surface area contributed by atoms with E-state index in [1.807, 2.05) is 53.1 Å². The van der Waals surface area contributed by atoms with E-state index in [4.69, 9.17) is 32.9 Å². The first-order chi connectivity index (χ1) is 22.0. The van der Waals surface area contributed by atoms with E-state index in [1.54, 1.807) is 13.2 Å². The predicted molar refractivity (Wildman–Crippen MR) is 183 cm³/mol. The van der Waals surface area contributed by atoms with Gasteiger partial charge in [-0.2, -0.15) is 0 Å². The summed E-state index contributed by atoms with van der Waals surface area (Å²) < 4.78 is 10.3. The second-order valence-corrected chi connectivity index (χ2v) is 13.2. The third-order valence-corrected chi connectivity index (χ3v) is 10.3. The molecule has 0 N–H and O–H groups in total. The average molecular weight is 649 g/mol. The van der Waals surface area contributed by atoms with Crippen molar-refractivity contribution in [3.8, 4) is 5.75 Å². The monoisotopic (exact) mass is 647 g/mol. The fraction of sp³-hybridized carbons (Fsp3) is 0.135. The maximum absolute atomic E-state index is 14.4. The van der Waals surface area contributed by atoms with Crippen LogP contribution in [0.25, 0.3) is 22.7 Å². The van der Waals surface area contributed by atoms with E-state index in [-0.39, 0.29) is 11.6 Å². The highest BCUT2D eigenvalue weighted by Gasteiger charge is 2.32. The summed E-state index contributed by atoms with van der Waals surface area (Å²) in [5, 5.41) is 2.29. The van der Waals surface area contributed by atoms with Crippen LogP contribution >= 0.6 is 34.5 Å². The molecule has 0 saturated carbocycles. The number of allylic oxidation sites excluding steroid dienone is 1. The van der Waals surface area contributed by atoms with Crippen molar-refractivity contribution in [1.29, 1.82) is 0 Å². The van der Waals surface area contributed by atoms with Crippen LogP contribution in [0.15, 0.2) is 113 Å². The van der Waals surface area contributed by atoms with Crippen LogP contribution in [0.3, 0.4) is 0 Å². The number of para-hydroxylation sites is 1. The van der Waals surface area contributed by atoms with E-state index >= 15 is 0 Å². The van der Waals surface area contributed by atoms with Crippen molar-refractivity contribution in [3.05, 3.63) is 160 Å². The number of aromatic nitrogens is 2. The van der Waals surface area contributed by atoms with Crippen LogP contribution < -0.4 is 19.6 Å². The maximum Gasteiger partial charge on any atom is 0.271 e. The van der Waals surface area contributed by atoms with E-state index in [0.29, 0.717) is 25.9 Å². The van der Waals surface area contributed by atoms with Gasteiger partial charge in [-0.1, -0.05) is 95.2 Å². The molecule has 4 aromatic carbocycles. The van der Waals surface area contributed by atoms with Gasteiger partial charge in [-0.15, -0.1) is 0 Å². The van der Waals surface area contributed by atoms with Crippen LogP contribution in [0.1, 0.15) is 40.3 Å². The zero-order chi connectivity index (χ0) is 30.7. The Morgan fingerprint density at radius 1 is 0.978 bits per heavy atom. The molecule has 1 aliphatic heterocycles. The number of fused-ring (bicyclic) bond motifs is 4. The fourth-order valence-electron chi connectivity index (χ4n) is 6.63. The summed E-state index contributed by atoms with van der Waals surface area (Å²) in [5.41, 5.74) is 8.54. The molecular formula is C37H27Cl2N3O2S. The Hall–Kier alpha value is -4.36. The van der Waals surface area contributed by atoms with Crippen molar-refractivity contribution in [2.75, 3.05) is 7.11 Å². The summed E-state index contributed by atoms with van der Waals surface area (Å²) >= 11 is 14.1. The molecule has 1 aliphatic carbocycles. The Balaban J connectivity index is 1.31. The molecule has 0 amide bonds. The number of hydrogen-bond donors (Lipinski definition) is 0. The molecule has 0 fully saturated rings. The standard InChI is InChI=1S/C37H27Cl2N3O2S/c1-44-27-9-6-8-23(17-27)35-30-16-14-22-7-2-3-11-29(22)34(30)40-37-42(35)36(43)33(45-37)18-25-21-41(32-12-5-4-10-28(25)32)20-24-13-15-26(38)19-31(24)39/h2-13,15,17-19,21,35H,14,16,20H2,1H3/b33-18+. The smallest absolute Gasteiger partial charge is 0.271 e. The summed E-state index contributed by atoms with van der Waals surface area (Å²) in [7, 11) is 1.67. The lowest BCUT2D eigenvalue weighted by atomic mass is 9.83. The van der Waals surface area contributed by atoms with Gasteiger partial charge in [0.2, 0.25) is 0 Å². The Morgan fingerprint density at radius 2 is 1.82 bits per heavy atom. The third kappa shape index (κ3) is 4.85. The lowest BCUT2D eigenvalue weighted by molar-refractivity contribution is 0.413. The molecule has 3 heterocycles. The first-order valence-electron chi connectivity index (χ1n) is 14.8. The second-order valence-electron chi connectivity index (χ2n) is 11.4. The number of benzene rings is 4. The predicted octanol–water partition coefficient (Wildman–Crippen LogP) is 7.64. The van der Waals surface area contributed by atoms with E-state index in [0.717, 1.165) is 63.0 Å². The van der Waals surface area contributed by atoms with Crippen molar-refractivity contribution < 1.29 is 4.74 Å².